The summed E-state index contributed by atoms with van der Waals surface area (Å²) in [6.07, 6.45) is 1.30. The number of hydrogen-bond acceptors (Lipinski definition) is 3. The molecule has 0 atom stereocenters. The summed E-state index contributed by atoms with van der Waals surface area (Å²) < 4.78 is 47.2. The number of pyridine rings is 1. The van der Waals surface area contributed by atoms with Crippen molar-refractivity contribution in [3.05, 3.63) is 210 Å². The summed E-state index contributed by atoms with van der Waals surface area (Å²) >= 11 is 1.66. The quantitative estimate of drug-likeness (QED) is 0.156. The van der Waals surface area contributed by atoms with Crippen LogP contribution in [0.2, 0.25) is 0 Å². The van der Waals surface area contributed by atoms with E-state index in [2.05, 4.69) is 174 Å². The first kappa shape index (κ1) is 31.8. The van der Waals surface area contributed by atoms with Gasteiger partial charge in [0.2, 0.25) is 0 Å². The Labute approximate surface area is 366 Å². The summed E-state index contributed by atoms with van der Waals surface area (Å²) in [6, 6.07) is 62.2. The molecule has 10 rings (SSSR count). The van der Waals surface area contributed by atoms with E-state index < -0.39 is 13.7 Å². The number of thiophene rings is 1. The number of benzene rings is 7. The Morgan fingerprint density at radius 2 is 1.24 bits per heavy atom. The van der Waals surface area contributed by atoms with E-state index in [1.54, 1.807) is 23.5 Å². The predicted molar refractivity (Wildman–Crippen MR) is 240 cm³/mol. The van der Waals surface area contributed by atoms with Gasteiger partial charge in [-0.1, -0.05) is 150 Å². The van der Waals surface area contributed by atoms with Gasteiger partial charge in [-0.25, -0.2) is 0 Å². The third kappa shape index (κ3) is 7.85. The van der Waals surface area contributed by atoms with Gasteiger partial charge in [-0.3, -0.25) is 16.3 Å². The van der Waals surface area contributed by atoms with Gasteiger partial charge in [-0.2, -0.15) is 0 Å². The van der Waals surface area contributed by atoms with Gasteiger partial charge in [0.25, 0.3) is 0 Å². The van der Waals surface area contributed by atoms with E-state index in [0.717, 1.165) is 33.5 Å². The molecule has 3 aromatic heterocycles. The second-order valence-corrected chi connectivity index (χ2v) is 14.6. The number of imidazole rings is 1. The predicted octanol–water partition coefficient (Wildman–Crippen LogP) is 14.2. The average molecular weight is 948 g/mol. The number of aryl methyl sites for hydroxylation is 3. The summed E-state index contributed by atoms with van der Waals surface area (Å²) in [5, 5.41) is 4.83. The van der Waals surface area contributed by atoms with E-state index in [-0.39, 0.29) is 31.2 Å². The summed E-state index contributed by atoms with van der Waals surface area (Å²) in [6.45, 7) is -2.16. The van der Waals surface area contributed by atoms with Gasteiger partial charge in [0.05, 0.1) is 22.5 Å². The SMILES string of the molecule is Cc1cc(-c2ccccc2)c(-n2c(-c3[c-]sc4cc(-c5ccccc5)ccc34)nc3ccccc32)c(-c2ccccc2)c1.[2H]C([2H])([2H])c1c[c-]c(-c2ccc(C([2H])([2H])[2H])cn2)cc1.[Ir]. The number of aromatic nitrogens is 3. The first-order chi connectivity index (χ1) is 30.4. The van der Waals surface area contributed by atoms with Crippen molar-refractivity contribution in [3.63, 3.8) is 0 Å². The second kappa shape index (κ2) is 17.1. The minimum absolute atomic E-state index is 0. The van der Waals surface area contributed by atoms with E-state index in [1.165, 1.54) is 68.0 Å². The Hall–Kier alpha value is -6.23. The molecule has 3 nitrogen and oxygen atoms in total. The number of para-hydroxylation sites is 2. The van der Waals surface area contributed by atoms with E-state index in [0.29, 0.717) is 11.3 Å². The van der Waals surface area contributed by atoms with Crippen molar-refractivity contribution in [2.45, 2.75) is 20.6 Å². The molecule has 0 spiro atoms. The topological polar surface area (TPSA) is 30.7 Å². The zero-order valence-corrected chi connectivity index (χ0v) is 34.6. The molecule has 0 bridgehead atoms. The smallest absolute Gasteiger partial charge is 0.0774 e. The van der Waals surface area contributed by atoms with Crippen LogP contribution in [0.1, 0.15) is 24.9 Å². The largest absolute Gasteiger partial charge is 0.332 e. The van der Waals surface area contributed by atoms with E-state index in [1.807, 2.05) is 0 Å². The molecule has 0 aliphatic carbocycles. The van der Waals surface area contributed by atoms with Crippen molar-refractivity contribution in [1.82, 2.24) is 14.5 Å². The fourth-order valence-electron chi connectivity index (χ4n) is 7.20. The minimum Gasteiger partial charge on any atom is -0.332 e. The van der Waals surface area contributed by atoms with E-state index >= 15 is 0 Å². The maximum Gasteiger partial charge on any atom is 0.0774 e. The van der Waals surface area contributed by atoms with Crippen LogP contribution in [0, 0.1) is 32.1 Å². The van der Waals surface area contributed by atoms with Crippen LogP contribution >= 0.6 is 11.3 Å². The molecule has 1 radical (unpaired) electrons. The zero-order chi connectivity index (χ0) is 43.7. The van der Waals surface area contributed by atoms with Crippen molar-refractivity contribution in [2.24, 2.45) is 0 Å². The van der Waals surface area contributed by atoms with Crippen molar-refractivity contribution in [1.29, 1.82) is 0 Å². The molecule has 10 aromatic rings. The zero-order valence-electron chi connectivity index (χ0n) is 37.4. The van der Waals surface area contributed by atoms with Crippen LogP contribution in [-0.4, -0.2) is 14.5 Å². The molecule has 0 saturated heterocycles. The Kier molecular flexibility index (Phi) is 9.37. The Bertz CT molecular complexity index is 3070. The molecule has 0 amide bonds. The maximum atomic E-state index is 7.28. The average Bonchev–Trinajstić information content (AvgIpc) is 3.91. The number of hydrogen-bond donors (Lipinski definition) is 0. The van der Waals surface area contributed by atoms with Gasteiger partial charge in [-0.15, -0.1) is 46.8 Å². The summed E-state index contributed by atoms with van der Waals surface area (Å²) in [5.41, 5.74) is 14.1. The molecule has 0 unspecified atom stereocenters. The molecule has 0 fully saturated rings. The van der Waals surface area contributed by atoms with Gasteiger partial charge in [0.1, 0.15) is 0 Å². The second-order valence-electron chi connectivity index (χ2n) is 13.8. The summed E-state index contributed by atoms with van der Waals surface area (Å²) in [5.74, 6) is 0.901. The first-order valence-corrected chi connectivity index (χ1v) is 19.5. The van der Waals surface area contributed by atoms with E-state index in [9.17, 15) is 0 Å². The molecule has 0 aliphatic rings. The normalized spacial score (nSPS) is 12.8. The van der Waals surface area contributed by atoms with Crippen molar-refractivity contribution in [2.75, 3.05) is 0 Å². The molecule has 0 N–H and O–H groups in total. The molecule has 0 aliphatic heterocycles. The Morgan fingerprint density at radius 1 is 0.603 bits per heavy atom. The Morgan fingerprint density at radius 3 is 1.86 bits per heavy atom. The molecule has 7 aromatic carbocycles. The van der Waals surface area contributed by atoms with Gasteiger partial charge in [-0.05, 0) is 77.1 Å². The maximum absolute atomic E-state index is 7.28. The van der Waals surface area contributed by atoms with Crippen LogP contribution in [0.25, 0.3) is 82.8 Å². The van der Waals surface area contributed by atoms with Crippen molar-refractivity contribution < 1.29 is 28.3 Å². The first-order valence-electron chi connectivity index (χ1n) is 21.6. The molecule has 58 heavy (non-hydrogen) atoms. The summed E-state index contributed by atoms with van der Waals surface area (Å²) in [4.78, 5) is 9.37. The molecule has 5 heteroatoms. The monoisotopic (exact) mass is 948 g/mol. The van der Waals surface area contributed by atoms with Gasteiger partial charge >= 0.3 is 0 Å². The molecule has 3 heterocycles. The van der Waals surface area contributed by atoms with Crippen LogP contribution in [-0.2, 0) is 20.1 Å². The van der Waals surface area contributed by atoms with Crippen LogP contribution in [0.3, 0.4) is 0 Å². The standard InChI is InChI=1S/C40H27N2S.C13H12N.Ir/c1-27-23-33(29-15-7-3-8-16-29)39(34(24-27)30-17-9-4-10-18-30)42-37-20-12-11-19-36(37)41-40(42)35-26-43-38-25-31(21-22-32(35)38)28-13-5-2-6-14-28;1-10-3-6-12(7-4-10)13-8-5-11(2)9-14-13;/h2-25H,1H3;3-6,8-9H,1-2H3;/q2*-1;/i;1D3,2D3;. The summed E-state index contributed by atoms with van der Waals surface area (Å²) in [7, 11) is 0. The van der Waals surface area contributed by atoms with Gasteiger partial charge < -0.3 is 9.55 Å². The Balaban J connectivity index is 0.000000225. The minimum atomic E-state index is -2.18. The number of fused-ring (bicyclic) bond motifs is 2. The fraction of sp³-hybridized carbons (Fsp3) is 0.0566. The van der Waals surface area contributed by atoms with Crippen LogP contribution in [0.15, 0.2) is 182 Å². The fourth-order valence-corrected chi connectivity index (χ4v) is 8.08. The number of nitrogens with zero attached hydrogens (tertiary/aromatic N) is 3. The van der Waals surface area contributed by atoms with Gasteiger partial charge in [0, 0.05) is 45.7 Å². The number of rotatable bonds is 6. The third-order valence-corrected chi connectivity index (χ3v) is 10.8. The molecule has 0 saturated carbocycles. The van der Waals surface area contributed by atoms with Crippen LogP contribution in [0.4, 0.5) is 0 Å². The van der Waals surface area contributed by atoms with E-state index in [4.69, 9.17) is 13.2 Å². The van der Waals surface area contributed by atoms with Crippen molar-refractivity contribution >= 4 is 32.5 Å². The van der Waals surface area contributed by atoms with Gasteiger partial charge in [0.15, 0.2) is 0 Å². The molecular formula is C53H39IrN3S-2. The third-order valence-electron chi connectivity index (χ3n) is 9.91. The van der Waals surface area contributed by atoms with Crippen molar-refractivity contribution in [3.8, 4) is 61.7 Å². The van der Waals surface area contributed by atoms with Crippen LogP contribution in [0.5, 0.6) is 0 Å². The molecule has 283 valence electrons. The van der Waals surface area contributed by atoms with Crippen LogP contribution < -0.4 is 0 Å². The molecular weight excluding hydrogens is 903 g/mol.